The molecular weight excluding hydrogens is 465 g/mol. The third-order valence-corrected chi connectivity index (χ3v) is 6.52. The predicted octanol–water partition coefficient (Wildman–Crippen LogP) is 6.24. The van der Waals surface area contributed by atoms with Crippen molar-refractivity contribution in [2.75, 3.05) is 13.1 Å². The number of aromatic nitrogens is 2. The molecule has 3 heterocycles. The first kappa shape index (κ1) is 21.2. The lowest BCUT2D eigenvalue weighted by atomic mass is 10.2. The van der Waals surface area contributed by atoms with Gasteiger partial charge >= 0.3 is 0 Å². The summed E-state index contributed by atoms with van der Waals surface area (Å²) in [5.41, 5.74) is 4.05. The monoisotopic (exact) mass is 479 g/mol. The third-order valence-electron chi connectivity index (χ3n) is 4.75. The normalized spacial score (nSPS) is 14.5. The number of rotatable bonds is 4. The Bertz CT molecular complexity index is 1140. The number of benzene rings is 1. The molecule has 0 unspecified atom stereocenters. The molecule has 6 nitrogen and oxygen atoms in total. The van der Waals surface area contributed by atoms with Crippen LogP contribution in [0.3, 0.4) is 0 Å². The number of nitrogens with zero attached hydrogens (tertiary/aromatic N) is 4. The van der Waals surface area contributed by atoms with E-state index in [9.17, 15) is 4.79 Å². The van der Waals surface area contributed by atoms with Crippen LogP contribution in [0, 0.1) is 6.57 Å². The minimum Gasteiger partial charge on any atom is -0.285 e. The van der Waals surface area contributed by atoms with Gasteiger partial charge < -0.3 is 0 Å². The first-order chi connectivity index (χ1) is 14.5. The van der Waals surface area contributed by atoms with Gasteiger partial charge in [0.15, 0.2) is 5.69 Å². The van der Waals surface area contributed by atoms with E-state index in [1.165, 1.54) is 16.0 Å². The highest BCUT2D eigenvalue weighted by Gasteiger charge is 2.28. The molecule has 1 aromatic carbocycles. The van der Waals surface area contributed by atoms with E-state index in [0.717, 1.165) is 32.4 Å². The molecule has 1 saturated heterocycles. The Balaban J connectivity index is 1.84. The Morgan fingerprint density at radius 2 is 1.90 bits per heavy atom. The van der Waals surface area contributed by atoms with Gasteiger partial charge in [0.25, 0.3) is 5.91 Å². The van der Waals surface area contributed by atoms with Crippen LogP contribution < -0.4 is 5.43 Å². The van der Waals surface area contributed by atoms with Crippen molar-refractivity contribution < 1.29 is 4.79 Å². The molecule has 4 rings (SSSR count). The van der Waals surface area contributed by atoms with Gasteiger partial charge in [0.1, 0.15) is 0 Å². The number of hydrogen-bond acceptors (Lipinski definition) is 4. The second-order valence-electron chi connectivity index (χ2n) is 6.76. The number of amides is 1. The Morgan fingerprint density at radius 3 is 2.53 bits per heavy atom. The first-order valence-electron chi connectivity index (χ1n) is 9.25. The summed E-state index contributed by atoms with van der Waals surface area (Å²) < 4.78 is 2.08. The average Bonchev–Trinajstić information content (AvgIpc) is 3.32. The number of thiophene rings is 1. The van der Waals surface area contributed by atoms with Crippen molar-refractivity contribution in [1.82, 2.24) is 20.2 Å². The molecule has 0 bridgehead atoms. The highest BCUT2D eigenvalue weighted by molar-refractivity contribution is 7.19. The van der Waals surface area contributed by atoms with Crippen molar-refractivity contribution in [2.45, 2.75) is 19.3 Å². The van der Waals surface area contributed by atoms with Crippen LogP contribution in [0.5, 0.6) is 0 Å². The zero-order valence-electron chi connectivity index (χ0n) is 15.7. The SMILES string of the molecule is [C-]#[N+]c1c(C(=O)NN2CCCCC2)nn(-c2ccc(Cl)cc2Cl)c1-c1ccc(Cl)s1. The molecule has 0 saturated carbocycles. The summed E-state index contributed by atoms with van der Waals surface area (Å²) in [4.78, 5) is 17.4. The summed E-state index contributed by atoms with van der Waals surface area (Å²) in [6, 6.07) is 8.52. The lowest BCUT2D eigenvalue weighted by molar-refractivity contribution is 0.0745. The van der Waals surface area contributed by atoms with Crippen LogP contribution in [-0.4, -0.2) is 33.8 Å². The van der Waals surface area contributed by atoms with Crippen molar-refractivity contribution >= 4 is 57.7 Å². The Hall–Kier alpha value is -2.08. The summed E-state index contributed by atoms with van der Waals surface area (Å²) in [5, 5.41) is 7.20. The molecule has 30 heavy (non-hydrogen) atoms. The Morgan fingerprint density at radius 1 is 1.13 bits per heavy atom. The van der Waals surface area contributed by atoms with Crippen LogP contribution in [0.1, 0.15) is 29.8 Å². The van der Waals surface area contributed by atoms with Crippen molar-refractivity contribution in [3.8, 4) is 16.3 Å². The number of piperidine rings is 1. The van der Waals surface area contributed by atoms with Gasteiger partial charge in [-0.05, 0) is 43.2 Å². The summed E-state index contributed by atoms with van der Waals surface area (Å²) >= 11 is 19.9. The molecule has 3 aromatic rings. The van der Waals surface area contributed by atoms with Gasteiger partial charge in [0.05, 0.1) is 27.3 Å². The van der Waals surface area contributed by atoms with Gasteiger partial charge in [-0.1, -0.05) is 41.2 Å². The van der Waals surface area contributed by atoms with Crippen LogP contribution in [0.25, 0.3) is 21.1 Å². The quantitative estimate of drug-likeness (QED) is 0.450. The second kappa shape index (κ2) is 8.96. The Kier molecular flexibility index (Phi) is 6.32. The van der Waals surface area contributed by atoms with E-state index in [2.05, 4.69) is 15.4 Å². The van der Waals surface area contributed by atoms with Crippen molar-refractivity contribution in [1.29, 1.82) is 0 Å². The fraction of sp³-hybridized carbons (Fsp3) is 0.250. The van der Waals surface area contributed by atoms with E-state index in [1.807, 2.05) is 5.01 Å². The number of carbonyl (C=O) groups excluding carboxylic acids is 1. The Labute approximate surface area is 192 Å². The van der Waals surface area contributed by atoms with E-state index in [0.29, 0.717) is 30.6 Å². The minimum absolute atomic E-state index is 0.0427. The molecule has 0 radical (unpaired) electrons. The van der Waals surface area contributed by atoms with E-state index in [4.69, 9.17) is 41.4 Å². The largest absolute Gasteiger partial charge is 0.285 e. The molecule has 0 spiro atoms. The molecular formula is C20H16Cl3N5OS. The predicted molar refractivity (Wildman–Crippen MR) is 121 cm³/mol. The highest BCUT2D eigenvalue weighted by atomic mass is 35.5. The molecule has 0 aliphatic carbocycles. The van der Waals surface area contributed by atoms with Crippen LogP contribution >= 0.6 is 46.1 Å². The van der Waals surface area contributed by atoms with E-state index in [-0.39, 0.29) is 11.4 Å². The summed E-state index contributed by atoms with van der Waals surface area (Å²) in [5.74, 6) is -0.421. The lowest BCUT2D eigenvalue weighted by Gasteiger charge is -2.26. The van der Waals surface area contributed by atoms with Gasteiger partial charge in [0, 0.05) is 23.0 Å². The van der Waals surface area contributed by atoms with E-state index in [1.54, 1.807) is 30.3 Å². The number of hydrogen-bond donors (Lipinski definition) is 1. The zero-order valence-corrected chi connectivity index (χ0v) is 18.7. The van der Waals surface area contributed by atoms with Crippen LogP contribution in [-0.2, 0) is 0 Å². The van der Waals surface area contributed by atoms with Crippen molar-refractivity contribution in [3.05, 3.63) is 61.8 Å². The number of hydrazine groups is 1. The molecule has 154 valence electrons. The van der Waals surface area contributed by atoms with Gasteiger partial charge in [-0.2, -0.15) is 5.10 Å². The van der Waals surface area contributed by atoms with Gasteiger partial charge in [0.2, 0.25) is 5.69 Å². The molecule has 1 fully saturated rings. The molecule has 1 amide bonds. The summed E-state index contributed by atoms with van der Waals surface area (Å²) in [7, 11) is 0. The first-order valence-corrected chi connectivity index (χ1v) is 11.2. The van der Waals surface area contributed by atoms with Crippen LogP contribution in [0.2, 0.25) is 14.4 Å². The maximum atomic E-state index is 13.0. The van der Waals surface area contributed by atoms with Gasteiger partial charge in [-0.3, -0.25) is 10.2 Å². The molecule has 1 aliphatic heterocycles. The molecule has 1 N–H and O–H groups in total. The zero-order chi connectivity index (χ0) is 21.3. The van der Waals surface area contributed by atoms with Gasteiger partial charge in [-0.25, -0.2) is 14.5 Å². The third kappa shape index (κ3) is 4.20. The minimum atomic E-state index is -0.421. The van der Waals surface area contributed by atoms with E-state index >= 15 is 0 Å². The maximum Gasteiger partial charge on any atom is 0.275 e. The van der Waals surface area contributed by atoms with Crippen LogP contribution in [0.15, 0.2) is 30.3 Å². The average molecular weight is 481 g/mol. The number of carbonyl (C=O) groups is 1. The fourth-order valence-corrected chi connectivity index (χ4v) is 4.92. The fourth-order valence-electron chi connectivity index (χ4n) is 3.36. The van der Waals surface area contributed by atoms with Gasteiger partial charge in [-0.15, -0.1) is 11.3 Å². The number of halogens is 3. The lowest BCUT2D eigenvalue weighted by Crippen LogP contribution is -2.45. The van der Waals surface area contributed by atoms with E-state index < -0.39 is 5.91 Å². The smallest absolute Gasteiger partial charge is 0.275 e. The number of nitrogens with one attached hydrogen (secondary N) is 1. The second-order valence-corrected chi connectivity index (χ2v) is 9.32. The standard InChI is InChI=1S/C20H16Cl3N5OS/c1-24-17-18(20(29)26-27-9-3-2-4-10-27)25-28(14-6-5-12(21)11-13(14)22)19(17)15-7-8-16(23)30-15/h5-8,11H,2-4,9-10H2,(H,26,29). The molecule has 0 atom stereocenters. The topological polar surface area (TPSA) is 54.5 Å². The highest BCUT2D eigenvalue weighted by Crippen LogP contribution is 2.41. The summed E-state index contributed by atoms with van der Waals surface area (Å²) in [6.07, 6.45) is 3.18. The van der Waals surface area contributed by atoms with Crippen LogP contribution in [0.4, 0.5) is 5.69 Å². The van der Waals surface area contributed by atoms with Crippen molar-refractivity contribution in [2.24, 2.45) is 0 Å². The van der Waals surface area contributed by atoms with Crippen molar-refractivity contribution in [3.63, 3.8) is 0 Å². The summed E-state index contributed by atoms with van der Waals surface area (Å²) in [6.45, 7) is 9.30. The molecule has 2 aromatic heterocycles. The molecule has 1 aliphatic rings. The maximum absolute atomic E-state index is 13.0. The molecule has 10 heteroatoms.